The lowest BCUT2D eigenvalue weighted by Crippen LogP contribution is -2.25. The van der Waals surface area contributed by atoms with E-state index in [1.165, 1.54) is 4.88 Å². The van der Waals surface area contributed by atoms with Gasteiger partial charge in [0.05, 0.1) is 0 Å². The third-order valence-corrected chi connectivity index (χ3v) is 4.04. The Kier molecular flexibility index (Phi) is 4.46. The predicted molar refractivity (Wildman–Crippen MR) is 76.2 cm³/mol. The molecule has 4 heteroatoms. The van der Waals surface area contributed by atoms with Crippen molar-refractivity contribution in [3.8, 4) is 0 Å². The molecule has 17 heavy (non-hydrogen) atoms. The summed E-state index contributed by atoms with van der Waals surface area (Å²) in [7, 11) is 0. The van der Waals surface area contributed by atoms with Gasteiger partial charge in [0.1, 0.15) is 0 Å². The highest BCUT2D eigenvalue weighted by Crippen LogP contribution is 2.22. The van der Waals surface area contributed by atoms with Crippen LogP contribution in [-0.4, -0.2) is 6.04 Å². The molecule has 1 unspecified atom stereocenters. The van der Waals surface area contributed by atoms with E-state index < -0.39 is 0 Å². The first-order valence-electron chi connectivity index (χ1n) is 5.37. The van der Waals surface area contributed by atoms with Crippen molar-refractivity contribution in [3.05, 3.63) is 56.2 Å². The highest BCUT2D eigenvalue weighted by molar-refractivity contribution is 7.09. The van der Waals surface area contributed by atoms with E-state index in [1.54, 1.807) is 17.4 Å². The molecule has 0 saturated heterocycles. The molecule has 90 valence electrons. The van der Waals surface area contributed by atoms with Gasteiger partial charge in [0.2, 0.25) is 0 Å². The molecule has 1 heterocycles. The zero-order chi connectivity index (χ0) is 12.3. The lowest BCUT2D eigenvalue weighted by Gasteiger charge is -2.12. The first-order valence-corrected chi connectivity index (χ1v) is 7.00. The second-order valence-electron chi connectivity index (χ2n) is 3.98. The number of halogens is 2. The minimum atomic E-state index is 0.0737. The van der Waals surface area contributed by atoms with Crippen LogP contribution in [0.3, 0.4) is 0 Å². The molecule has 2 aromatic rings. The Bertz CT molecular complexity index is 482. The molecule has 1 atom stereocenters. The summed E-state index contributed by atoms with van der Waals surface area (Å²) >= 11 is 13.8. The number of nitrogens with two attached hydrogens (primary N) is 1. The van der Waals surface area contributed by atoms with E-state index in [0.717, 1.165) is 23.4 Å². The highest BCUT2D eigenvalue weighted by atomic mass is 35.5. The van der Waals surface area contributed by atoms with E-state index in [9.17, 15) is 0 Å². The maximum Gasteiger partial charge on any atom is 0.0439 e. The standard InChI is InChI=1S/C13H13Cl2NS/c14-10-3-4-13(15)9(6-10)7-11(16)8-12-2-1-5-17-12/h1-6,11H,7-8,16H2. The van der Waals surface area contributed by atoms with Crippen molar-refractivity contribution in [2.24, 2.45) is 5.73 Å². The molecule has 0 aliphatic rings. The Morgan fingerprint density at radius 1 is 1.18 bits per heavy atom. The van der Waals surface area contributed by atoms with Crippen molar-refractivity contribution in [1.82, 2.24) is 0 Å². The van der Waals surface area contributed by atoms with Crippen molar-refractivity contribution >= 4 is 34.5 Å². The minimum absolute atomic E-state index is 0.0737. The largest absolute Gasteiger partial charge is 0.327 e. The zero-order valence-electron chi connectivity index (χ0n) is 9.20. The maximum absolute atomic E-state index is 6.12. The van der Waals surface area contributed by atoms with Crippen molar-refractivity contribution in [3.63, 3.8) is 0 Å². The smallest absolute Gasteiger partial charge is 0.0439 e. The van der Waals surface area contributed by atoms with Crippen LogP contribution in [0.15, 0.2) is 35.7 Å². The van der Waals surface area contributed by atoms with E-state index >= 15 is 0 Å². The third kappa shape index (κ3) is 3.71. The van der Waals surface area contributed by atoms with Crippen LogP contribution in [0, 0.1) is 0 Å². The van der Waals surface area contributed by atoms with Crippen molar-refractivity contribution in [2.45, 2.75) is 18.9 Å². The van der Waals surface area contributed by atoms with Gasteiger partial charge in [-0.3, -0.25) is 0 Å². The van der Waals surface area contributed by atoms with Gasteiger partial charge in [-0.05, 0) is 48.1 Å². The molecule has 2 N–H and O–H groups in total. The van der Waals surface area contributed by atoms with Crippen LogP contribution in [0.1, 0.15) is 10.4 Å². The summed E-state index contributed by atoms with van der Waals surface area (Å²) in [4.78, 5) is 1.30. The summed E-state index contributed by atoms with van der Waals surface area (Å²) in [6.45, 7) is 0. The van der Waals surface area contributed by atoms with Gasteiger partial charge in [-0.2, -0.15) is 0 Å². The molecule has 1 aromatic heterocycles. The average Bonchev–Trinajstić information content (AvgIpc) is 2.76. The maximum atomic E-state index is 6.12. The van der Waals surface area contributed by atoms with Gasteiger partial charge in [0.25, 0.3) is 0 Å². The van der Waals surface area contributed by atoms with E-state index in [2.05, 4.69) is 11.4 Å². The quantitative estimate of drug-likeness (QED) is 0.897. The van der Waals surface area contributed by atoms with Gasteiger partial charge in [-0.25, -0.2) is 0 Å². The molecule has 0 spiro atoms. The Morgan fingerprint density at radius 2 is 2.00 bits per heavy atom. The van der Waals surface area contributed by atoms with Crippen LogP contribution in [0.5, 0.6) is 0 Å². The van der Waals surface area contributed by atoms with Gasteiger partial charge in [0, 0.05) is 21.0 Å². The first kappa shape index (κ1) is 12.9. The second-order valence-corrected chi connectivity index (χ2v) is 5.86. The molecule has 0 bridgehead atoms. The molecule has 0 aliphatic carbocycles. The zero-order valence-corrected chi connectivity index (χ0v) is 11.5. The summed E-state index contributed by atoms with van der Waals surface area (Å²) in [5, 5.41) is 3.50. The van der Waals surface area contributed by atoms with Crippen LogP contribution < -0.4 is 5.73 Å². The summed E-state index contributed by atoms with van der Waals surface area (Å²) < 4.78 is 0. The Labute approximate surface area is 115 Å². The van der Waals surface area contributed by atoms with E-state index in [4.69, 9.17) is 28.9 Å². The number of thiophene rings is 1. The van der Waals surface area contributed by atoms with Crippen molar-refractivity contribution in [2.75, 3.05) is 0 Å². The lowest BCUT2D eigenvalue weighted by atomic mass is 10.0. The van der Waals surface area contributed by atoms with Gasteiger partial charge in [-0.1, -0.05) is 29.3 Å². The Morgan fingerprint density at radius 3 is 2.71 bits per heavy atom. The van der Waals surface area contributed by atoms with Crippen LogP contribution in [0.4, 0.5) is 0 Å². The Hall–Kier alpha value is -0.540. The van der Waals surface area contributed by atoms with Crippen LogP contribution in [0.2, 0.25) is 10.0 Å². The molecular formula is C13H13Cl2NS. The topological polar surface area (TPSA) is 26.0 Å². The number of hydrogen-bond acceptors (Lipinski definition) is 2. The summed E-state index contributed by atoms with van der Waals surface area (Å²) in [6.07, 6.45) is 1.62. The molecule has 1 nitrogen and oxygen atoms in total. The van der Waals surface area contributed by atoms with Crippen LogP contribution in [0.25, 0.3) is 0 Å². The lowest BCUT2D eigenvalue weighted by molar-refractivity contribution is 0.671. The van der Waals surface area contributed by atoms with E-state index in [0.29, 0.717) is 5.02 Å². The molecular weight excluding hydrogens is 273 g/mol. The summed E-state index contributed by atoms with van der Waals surface area (Å²) in [5.74, 6) is 0. The molecule has 0 aliphatic heterocycles. The SMILES string of the molecule is NC(Cc1cccs1)Cc1cc(Cl)ccc1Cl. The van der Waals surface area contributed by atoms with Crippen LogP contribution >= 0.6 is 34.5 Å². The van der Waals surface area contributed by atoms with Crippen molar-refractivity contribution in [1.29, 1.82) is 0 Å². The number of hydrogen-bond donors (Lipinski definition) is 1. The summed E-state index contributed by atoms with van der Waals surface area (Å²) in [6, 6.07) is 9.71. The third-order valence-electron chi connectivity index (χ3n) is 2.53. The number of benzene rings is 1. The second kappa shape index (κ2) is 5.87. The van der Waals surface area contributed by atoms with E-state index in [-0.39, 0.29) is 6.04 Å². The molecule has 0 fully saturated rings. The fourth-order valence-electron chi connectivity index (χ4n) is 1.74. The highest BCUT2D eigenvalue weighted by Gasteiger charge is 2.09. The average molecular weight is 286 g/mol. The summed E-state index contributed by atoms with van der Waals surface area (Å²) in [5.41, 5.74) is 7.14. The predicted octanol–water partition coefficient (Wildman–Crippen LogP) is 4.17. The molecule has 1 aromatic carbocycles. The van der Waals surface area contributed by atoms with Gasteiger partial charge < -0.3 is 5.73 Å². The molecule has 2 rings (SSSR count). The molecule has 0 radical (unpaired) electrons. The fraction of sp³-hybridized carbons (Fsp3) is 0.231. The van der Waals surface area contributed by atoms with Gasteiger partial charge in [-0.15, -0.1) is 11.3 Å². The molecule has 0 amide bonds. The molecule has 0 saturated carbocycles. The monoisotopic (exact) mass is 285 g/mol. The normalized spacial score (nSPS) is 12.6. The fourth-order valence-corrected chi connectivity index (χ4v) is 2.93. The van der Waals surface area contributed by atoms with Crippen molar-refractivity contribution < 1.29 is 0 Å². The minimum Gasteiger partial charge on any atom is -0.327 e. The van der Waals surface area contributed by atoms with Gasteiger partial charge >= 0.3 is 0 Å². The van der Waals surface area contributed by atoms with Gasteiger partial charge in [0.15, 0.2) is 0 Å². The van der Waals surface area contributed by atoms with E-state index in [1.807, 2.05) is 18.2 Å². The Balaban J connectivity index is 2.02. The number of rotatable bonds is 4. The first-order chi connectivity index (χ1) is 8.15. The van der Waals surface area contributed by atoms with Crippen LogP contribution in [-0.2, 0) is 12.8 Å².